The molecule has 6 rings (SSSR count). The highest BCUT2D eigenvalue weighted by atomic mass is 16.5. The molecule has 3 aromatic carbocycles. The monoisotopic (exact) mass is 535 g/mol. The molecular formula is C31H29N5O4. The average molecular weight is 536 g/mol. The molecule has 1 amide bonds. The van der Waals surface area contributed by atoms with Gasteiger partial charge in [-0.15, -0.1) is 0 Å². The number of aryl methyl sites for hydroxylation is 1. The van der Waals surface area contributed by atoms with Crippen LogP contribution in [0.5, 0.6) is 11.5 Å². The van der Waals surface area contributed by atoms with E-state index in [1.165, 1.54) is 6.33 Å². The van der Waals surface area contributed by atoms with Crippen LogP contribution in [0, 0.1) is 6.92 Å². The Kier molecular flexibility index (Phi) is 6.65. The van der Waals surface area contributed by atoms with Crippen LogP contribution in [0.4, 0.5) is 0 Å². The van der Waals surface area contributed by atoms with E-state index in [9.17, 15) is 14.7 Å². The minimum atomic E-state index is -1.11. The first-order valence-electron chi connectivity index (χ1n) is 13.3. The van der Waals surface area contributed by atoms with Crippen molar-refractivity contribution in [1.29, 1.82) is 0 Å². The summed E-state index contributed by atoms with van der Waals surface area (Å²) in [5, 5.41) is 16.6. The van der Waals surface area contributed by atoms with E-state index in [1.54, 1.807) is 33.8 Å². The summed E-state index contributed by atoms with van der Waals surface area (Å²) < 4.78 is 7.47. The predicted octanol–water partition coefficient (Wildman–Crippen LogP) is 4.42. The molecule has 3 heterocycles. The number of nitrogens with one attached hydrogen (secondary N) is 1. The van der Waals surface area contributed by atoms with Crippen LogP contribution >= 0.6 is 0 Å². The van der Waals surface area contributed by atoms with E-state index in [1.807, 2.05) is 61.5 Å². The number of H-pyrrole nitrogens is 1. The maximum atomic E-state index is 13.2. The Morgan fingerprint density at radius 1 is 0.975 bits per heavy atom. The van der Waals surface area contributed by atoms with Gasteiger partial charge in [0.2, 0.25) is 0 Å². The highest BCUT2D eigenvalue weighted by Crippen LogP contribution is 2.30. The number of fused-ring (bicyclic) bond motifs is 1. The predicted molar refractivity (Wildman–Crippen MR) is 151 cm³/mol. The molecule has 0 saturated carbocycles. The number of rotatable bonds is 6. The van der Waals surface area contributed by atoms with Crippen LogP contribution in [0.2, 0.25) is 0 Å². The highest BCUT2D eigenvalue weighted by Gasteiger charge is 2.36. The number of aromatic amines is 1. The zero-order chi connectivity index (χ0) is 27.7. The van der Waals surface area contributed by atoms with Crippen LogP contribution in [0.25, 0.3) is 16.7 Å². The first kappa shape index (κ1) is 25.5. The fourth-order valence-electron chi connectivity index (χ4n) is 5.11. The zero-order valence-electron chi connectivity index (χ0n) is 22.1. The van der Waals surface area contributed by atoms with Gasteiger partial charge in [-0.1, -0.05) is 35.9 Å². The molecule has 1 aliphatic heterocycles. The van der Waals surface area contributed by atoms with Gasteiger partial charge in [-0.05, 0) is 68.3 Å². The van der Waals surface area contributed by atoms with E-state index in [-0.39, 0.29) is 17.9 Å². The van der Waals surface area contributed by atoms with E-state index in [4.69, 9.17) is 9.84 Å². The molecule has 1 saturated heterocycles. The molecule has 202 valence electrons. The highest BCUT2D eigenvalue weighted by molar-refractivity contribution is 5.94. The Morgan fingerprint density at radius 2 is 1.65 bits per heavy atom. The van der Waals surface area contributed by atoms with Gasteiger partial charge in [0.05, 0.1) is 23.3 Å². The van der Waals surface area contributed by atoms with Crippen molar-refractivity contribution < 1.29 is 14.6 Å². The molecule has 0 radical (unpaired) electrons. The topological polar surface area (TPSA) is 113 Å². The molecule has 1 aliphatic rings. The molecule has 2 N–H and O–H groups in total. The van der Waals surface area contributed by atoms with Crippen molar-refractivity contribution in [3.63, 3.8) is 0 Å². The molecule has 0 unspecified atom stereocenters. The Labute approximate surface area is 230 Å². The lowest BCUT2D eigenvalue weighted by molar-refractivity contribution is -0.0167. The summed E-state index contributed by atoms with van der Waals surface area (Å²) in [6, 6.07) is 24.3. The first-order valence-corrected chi connectivity index (χ1v) is 13.3. The Bertz CT molecular complexity index is 1700. The minimum absolute atomic E-state index is 0.0944. The molecule has 0 bridgehead atoms. The minimum Gasteiger partial charge on any atom is -0.457 e. The number of carbonyl (C=O) groups is 1. The molecule has 2 aromatic heterocycles. The number of hydrogen-bond acceptors (Lipinski definition) is 6. The second-order valence-electron chi connectivity index (χ2n) is 10.3. The van der Waals surface area contributed by atoms with Crippen molar-refractivity contribution >= 4 is 16.9 Å². The van der Waals surface area contributed by atoms with Crippen molar-refractivity contribution in [3.8, 4) is 17.2 Å². The van der Waals surface area contributed by atoms with Crippen molar-refractivity contribution in [2.75, 3.05) is 13.1 Å². The SMILES string of the molecule is Cc1ccc(-n2nc(CC3(O)CCN(C(=O)c4ccc(Oc5ccccc5)cc4)CC3)c3c(=O)[nH]cnc32)cc1. The van der Waals surface area contributed by atoms with Crippen LogP contribution in [-0.4, -0.2) is 54.4 Å². The summed E-state index contributed by atoms with van der Waals surface area (Å²) in [4.78, 5) is 34.7. The summed E-state index contributed by atoms with van der Waals surface area (Å²) in [6.45, 7) is 2.78. The van der Waals surface area contributed by atoms with E-state index in [2.05, 4.69) is 9.97 Å². The molecule has 0 aliphatic carbocycles. The van der Waals surface area contributed by atoms with Gasteiger partial charge in [-0.3, -0.25) is 9.59 Å². The summed E-state index contributed by atoms with van der Waals surface area (Å²) in [5.41, 5.74) is 1.98. The van der Waals surface area contributed by atoms with Crippen molar-refractivity contribution in [2.24, 2.45) is 0 Å². The fraction of sp³-hybridized carbons (Fsp3) is 0.226. The first-order chi connectivity index (χ1) is 19.4. The van der Waals surface area contributed by atoms with Gasteiger partial charge < -0.3 is 19.7 Å². The molecule has 40 heavy (non-hydrogen) atoms. The van der Waals surface area contributed by atoms with Crippen LogP contribution in [0.15, 0.2) is 90.0 Å². The number of para-hydroxylation sites is 1. The lowest BCUT2D eigenvalue weighted by Crippen LogP contribution is -2.47. The van der Waals surface area contributed by atoms with E-state index in [0.29, 0.717) is 54.0 Å². The number of aliphatic hydroxyl groups is 1. The average Bonchev–Trinajstić information content (AvgIpc) is 3.33. The quantitative estimate of drug-likeness (QED) is 0.333. The van der Waals surface area contributed by atoms with Crippen LogP contribution in [0.1, 0.15) is 34.5 Å². The van der Waals surface area contributed by atoms with Crippen molar-refractivity contribution in [1.82, 2.24) is 24.6 Å². The van der Waals surface area contributed by atoms with Crippen LogP contribution in [0.3, 0.4) is 0 Å². The molecule has 0 spiro atoms. The van der Waals surface area contributed by atoms with Gasteiger partial charge in [0.25, 0.3) is 11.5 Å². The summed E-state index contributed by atoms with van der Waals surface area (Å²) >= 11 is 0. The number of amides is 1. The third-order valence-electron chi connectivity index (χ3n) is 7.38. The number of hydrogen-bond donors (Lipinski definition) is 2. The lowest BCUT2D eigenvalue weighted by Gasteiger charge is -2.38. The van der Waals surface area contributed by atoms with Gasteiger partial charge in [-0.2, -0.15) is 5.10 Å². The van der Waals surface area contributed by atoms with E-state index < -0.39 is 5.60 Å². The Hall–Kier alpha value is -4.76. The molecular weight excluding hydrogens is 506 g/mol. The molecule has 0 atom stereocenters. The summed E-state index contributed by atoms with van der Waals surface area (Å²) in [5.74, 6) is 1.28. The maximum Gasteiger partial charge on any atom is 0.262 e. The van der Waals surface area contributed by atoms with Gasteiger partial charge in [0, 0.05) is 25.1 Å². The van der Waals surface area contributed by atoms with E-state index >= 15 is 0 Å². The Morgan fingerprint density at radius 3 is 2.35 bits per heavy atom. The number of ether oxygens (including phenoxy) is 1. The van der Waals surface area contributed by atoms with E-state index in [0.717, 1.165) is 17.0 Å². The van der Waals surface area contributed by atoms with Crippen molar-refractivity contribution in [3.05, 3.63) is 112 Å². The number of benzene rings is 3. The Balaban J connectivity index is 1.16. The van der Waals surface area contributed by atoms with Crippen LogP contribution < -0.4 is 10.3 Å². The largest absolute Gasteiger partial charge is 0.457 e. The number of piperidine rings is 1. The smallest absolute Gasteiger partial charge is 0.262 e. The second-order valence-corrected chi connectivity index (χ2v) is 10.3. The fourth-order valence-corrected chi connectivity index (χ4v) is 5.11. The number of aromatic nitrogens is 4. The normalized spacial score (nSPS) is 14.8. The lowest BCUT2D eigenvalue weighted by atomic mass is 9.86. The third kappa shape index (κ3) is 5.11. The number of likely N-dealkylation sites (tertiary alicyclic amines) is 1. The van der Waals surface area contributed by atoms with Gasteiger partial charge in [-0.25, -0.2) is 9.67 Å². The molecule has 5 aromatic rings. The number of carbonyl (C=O) groups excluding carboxylic acids is 1. The summed E-state index contributed by atoms with van der Waals surface area (Å²) in [7, 11) is 0. The zero-order valence-corrected chi connectivity index (χ0v) is 22.1. The molecule has 1 fully saturated rings. The summed E-state index contributed by atoms with van der Waals surface area (Å²) in [6.07, 6.45) is 2.28. The second kappa shape index (κ2) is 10.4. The molecule has 9 heteroatoms. The van der Waals surface area contributed by atoms with Gasteiger partial charge in [0.15, 0.2) is 5.65 Å². The van der Waals surface area contributed by atoms with Crippen molar-refractivity contribution in [2.45, 2.75) is 31.8 Å². The van der Waals surface area contributed by atoms with Gasteiger partial charge >= 0.3 is 0 Å². The van der Waals surface area contributed by atoms with Gasteiger partial charge in [0.1, 0.15) is 16.9 Å². The van der Waals surface area contributed by atoms with Crippen LogP contribution in [-0.2, 0) is 6.42 Å². The number of nitrogens with zero attached hydrogens (tertiary/aromatic N) is 4. The maximum absolute atomic E-state index is 13.2. The molecule has 9 nitrogen and oxygen atoms in total. The third-order valence-corrected chi connectivity index (χ3v) is 7.38. The standard InChI is InChI=1S/C31H29N5O4/c1-21-7-11-23(12-8-21)36-28-27(29(37)33-20-32-28)26(34-36)19-31(39)15-17-35(18-16-31)30(38)22-9-13-25(14-10-22)40-24-5-3-2-4-6-24/h2-14,20,39H,15-19H2,1H3,(H,32,33,37).